The minimum absolute atomic E-state index is 0.0694. The zero-order valence-corrected chi connectivity index (χ0v) is 15.2. The van der Waals surface area contributed by atoms with Gasteiger partial charge in [-0.05, 0) is 30.0 Å². The lowest BCUT2D eigenvalue weighted by Crippen LogP contribution is -2.07. The predicted octanol–water partition coefficient (Wildman–Crippen LogP) is 4.43. The van der Waals surface area contributed by atoms with Crippen LogP contribution >= 0.6 is 23.2 Å². The molecule has 128 valence electrons. The summed E-state index contributed by atoms with van der Waals surface area (Å²) in [7, 11) is 1.91. The number of allylic oxidation sites excluding steroid dienone is 1. The highest BCUT2D eigenvalue weighted by atomic mass is 35.5. The number of halogens is 2. The third-order valence-electron chi connectivity index (χ3n) is 4.57. The summed E-state index contributed by atoms with van der Waals surface area (Å²) in [5.41, 5.74) is 4.24. The summed E-state index contributed by atoms with van der Waals surface area (Å²) >= 11 is 12.4. The molecule has 0 amide bonds. The van der Waals surface area contributed by atoms with Crippen LogP contribution in [0.25, 0.3) is 6.08 Å². The number of fused-ring (bicyclic) bond motifs is 1. The molecule has 25 heavy (non-hydrogen) atoms. The highest BCUT2D eigenvalue weighted by Crippen LogP contribution is 2.36. The van der Waals surface area contributed by atoms with E-state index in [0.29, 0.717) is 18.4 Å². The fourth-order valence-electron chi connectivity index (χ4n) is 3.17. The van der Waals surface area contributed by atoms with Crippen molar-refractivity contribution in [1.29, 1.82) is 5.26 Å². The van der Waals surface area contributed by atoms with Crippen LogP contribution in [-0.4, -0.2) is 20.6 Å². The highest BCUT2D eigenvalue weighted by molar-refractivity contribution is 6.37. The lowest BCUT2D eigenvalue weighted by molar-refractivity contribution is 0.0696. The Hall–Kier alpha value is -2.29. The number of aromatic carboxylic acids is 1. The van der Waals surface area contributed by atoms with Crippen molar-refractivity contribution in [2.45, 2.75) is 25.7 Å². The Morgan fingerprint density at radius 2 is 2.24 bits per heavy atom. The normalized spacial score (nSPS) is 16.1. The maximum atomic E-state index is 11.3. The number of hydrogen-bond donors (Lipinski definition) is 1. The van der Waals surface area contributed by atoms with E-state index in [0.717, 1.165) is 28.7 Å². The molecule has 0 aromatic carbocycles. The quantitative estimate of drug-likeness (QED) is 0.804. The number of hydrogen-bond acceptors (Lipinski definition) is 3. The van der Waals surface area contributed by atoms with E-state index in [-0.39, 0.29) is 21.7 Å². The Morgan fingerprint density at radius 1 is 1.52 bits per heavy atom. The van der Waals surface area contributed by atoms with Crippen LogP contribution in [0.15, 0.2) is 17.8 Å². The van der Waals surface area contributed by atoms with E-state index in [2.05, 4.69) is 24.0 Å². The van der Waals surface area contributed by atoms with Crippen molar-refractivity contribution >= 4 is 35.2 Å². The van der Waals surface area contributed by atoms with Gasteiger partial charge in [-0.3, -0.25) is 0 Å². The molecule has 0 radical (unpaired) electrons. The number of carbonyl (C=O) groups is 1. The number of pyridine rings is 1. The van der Waals surface area contributed by atoms with Crippen LogP contribution in [0.3, 0.4) is 0 Å². The van der Waals surface area contributed by atoms with Gasteiger partial charge in [-0.2, -0.15) is 5.26 Å². The lowest BCUT2D eigenvalue weighted by atomic mass is 9.88. The second kappa shape index (κ2) is 6.55. The van der Waals surface area contributed by atoms with E-state index >= 15 is 0 Å². The lowest BCUT2D eigenvalue weighted by Gasteiger charge is -2.17. The molecular weight excluding hydrogens is 361 g/mol. The number of nitrogens with zero attached hydrogens (tertiary/aromatic N) is 3. The van der Waals surface area contributed by atoms with Gasteiger partial charge in [-0.25, -0.2) is 9.78 Å². The van der Waals surface area contributed by atoms with Gasteiger partial charge in [0, 0.05) is 42.2 Å². The fraction of sp³-hybridized carbons (Fsp3) is 0.278. The van der Waals surface area contributed by atoms with Gasteiger partial charge in [0.25, 0.3) is 0 Å². The monoisotopic (exact) mass is 375 g/mol. The Morgan fingerprint density at radius 3 is 2.88 bits per heavy atom. The topological polar surface area (TPSA) is 78.9 Å². The van der Waals surface area contributed by atoms with Crippen molar-refractivity contribution < 1.29 is 9.90 Å². The summed E-state index contributed by atoms with van der Waals surface area (Å²) in [6.45, 7) is 2.08. The molecule has 0 aliphatic heterocycles. The number of carboxylic acids is 1. The minimum Gasteiger partial charge on any atom is -0.478 e. The summed E-state index contributed by atoms with van der Waals surface area (Å²) < 4.78 is 1.99. The Kier molecular flexibility index (Phi) is 4.59. The van der Waals surface area contributed by atoms with Crippen molar-refractivity contribution in [3.05, 3.63) is 56.1 Å². The second-order valence-electron chi connectivity index (χ2n) is 6.16. The standard InChI is InChI=1S/C18H15Cl2N3O2/c1-9-3-10(7-21)4-15-12(9)5-11(23(15)2)6-13-16(19)14(18(24)25)8-22-17(13)20/h4-5,8-9H,3,6H2,1-2H3,(H,24,25). The van der Waals surface area contributed by atoms with Crippen molar-refractivity contribution in [2.24, 2.45) is 7.05 Å². The predicted molar refractivity (Wildman–Crippen MR) is 96.1 cm³/mol. The SMILES string of the molecule is CC1CC(C#N)=Cc2c1cc(Cc1c(Cl)ncc(C(=O)O)c1Cl)n2C. The summed E-state index contributed by atoms with van der Waals surface area (Å²) in [6.07, 6.45) is 4.13. The molecule has 3 rings (SSSR count). The number of aromatic nitrogens is 2. The molecule has 1 N–H and O–H groups in total. The molecule has 1 aliphatic rings. The Balaban J connectivity index is 2.07. The van der Waals surface area contributed by atoms with Crippen LogP contribution in [0.4, 0.5) is 0 Å². The van der Waals surface area contributed by atoms with Gasteiger partial charge in [-0.15, -0.1) is 0 Å². The summed E-state index contributed by atoms with van der Waals surface area (Å²) in [5, 5.41) is 18.7. The van der Waals surface area contributed by atoms with Gasteiger partial charge >= 0.3 is 5.97 Å². The van der Waals surface area contributed by atoms with E-state index in [9.17, 15) is 15.2 Å². The molecule has 7 heteroatoms. The Bertz CT molecular complexity index is 954. The minimum atomic E-state index is -1.14. The van der Waals surface area contributed by atoms with Crippen LogP contribution in [0, 0.1) is 11.3 Å². The molecule has 0 saturated heterocycles. The number of rotatable bonds is 3. The molecule has 2 heterocycles. The molecule has 1 aliphatic carbocycles. The van der Waals surface area contributed by atoms with Crippen molar-refractivity contribution in [3.8, 4) is 6.07 Å². The average molecular weight is 376 g/mol. The third kappa shape index (κ3) is 3.04. The molecule has 0 saturated carbocycles. The highest BCUT2D eigenvalue weighted by Gasteiger charge is 2.24. The zero-order chi connectivity index (χ0) is 18.3. The van der Waals surface area contributed by atoms with Crippen molar-refractivity contribution in [2.75, 3.05) is 0 Å². The van der Waals surface area contributed by atoms with E-state index in [4.69, 9.17) is 23.2 Å². The average Bonchev–Trinajstić information content (AvgIpc) is 2.88. The van der Waals surface area contributed by atoms with Gasteiger partial charge in [-0.1, -0.05) is 30.1 Å². The molecule has 0 spiro atoms. The van der Waals surface area contributed by atoms with E-state index in [1.165, 1.54) is 0 Å². The molecule has 1 unspecified atom stereocenters. The smallest absolute Gasteiger partial charge is 0.338 e. The first-order chi connectivity index (χ1) is 11.8. The largest absolute Gasteiger partial charge is 0.478 e. The van der Waals surface area contributed by atoms with E-state index in [1.54, 1.807) is 0 Å². The Labute approximate surface area is 155 Å². The van der Waals surface area contributed by atoms with Gasteiger partial charge in [0.15, 0.2) is 0 Å². The molecule has 2 aromatic heterocycles. The molecule has 5 nitrogen and oxygen atoms in total. The number of nitriles is 1. The van der Waals surface area contributed by atoms with Gasteiger partial charge < -0.3 is 9.67 Å². The van der Waals surface area contributed by atoms with Crippen LogP contribution in [0.2, 0.25) is 10.2 Å². The molecule has 2 aromatic rings. The molecule has 1 atom stereocenters. The third-order valence-corrected chi connectivity index (χ3v) is 5.32. The summed E-state index contributed by atoms with van der Waals surface area (Å²) in [6, 6.07) is 4.29. The van der Waals surface area contributed by atoms with Gasteiger partial charge in [0.1, 0.15) is 5.15 Å². The summed E-state index contributed by atoms with van der Waals surface area (Å²) in [4.78, 5) is 15.2. The number of carboxylic acid groups (broad SMARTS) is 1. The van der Waals surface area contributed by atoms with Gasteiger partial charge in [0.05, 0.1) is 16.7 Å². The maximum Gasteiger partial charge on any atom is 0.338 e. The molecule has 0 bridgehead atoms. The van der Waals surface area contributed by atoms with Crippen molar-refractivity contribution in [1.82, 2.24) is 9.55 Å². The first-order valence-corrected chi connectivity index (χ1v) is 8.44. The van der Waals surface area contributed by atoms with Crippen LogP contribution < -0.4 is 0 Å². The first kappa shape index (κ1) is 17.5. The summed E-state index contributed by atoms with van der Waals surface area (Å²) in [5.74, 6) is -0.902. The fourth-order valence-corrected chi connectivity index (χ4v) is 3.72. The van der Waals surface area contributed by atoms with E-state index < -0.39 is 5.97 Å². The van der Waals surface area contributed by atoms with Crippen LogP contribution in [0.5, 0.6) is 0 Å². The van der Waals surface area contributed by atoms with Crippen LogP contribution in [0.1, 0.15) is 52.1 Å². The van der Waals surface area contributed by atoms with Crippen LogP contribution in [-0.2, 0) is 13.5 Å². The molecule has 0 fully saturated rings. The first-order valence-electron chi connectivity index (χ1n) is 7.68. The second-order valence-corrected chi connectivity index (χ2v) is 6.89. The zero-order valence-electron chi connectivity index (χ0n) is 13.7. The van der Waals surface area contributed by atoms with Crippen molar-refractivity contribution in [3.63, 3.8) is 0 Å². The van der Waals surface area contributed by atoms with E-state index in [1.807, 2.05) is 17.7 Å². The molecular formula is C18H15Cl2N3O2. The van der Waals surface area contributed by atoms with Gasteiger partial charge in [0.2, 0.25) is 0 Å². The maximum absolute atomic E-state index is 11.3.